The molecule has 1 aliphatic heterocycles. The molecule has 3 aromatic rings. The monoisotopic (exact) mass is 369 g/mol. The van der Waals surface area contributed by atoms with E-state index >= 15 is 0 Å². The van der Waals surface area contributed by atoms with Gasteiger partial charge in [0.15, 0.2) is 5.76 Å². The molecule has 4 rings (SSSR count). The minimum atomic E-state index is -0.174. The number of hydrogen-bond acceptors (Lipinski definition) is 3. The van der Waals surface area contributed by atoms with Crippen molar-refractivity contribution in [2.75, 3.05) is 0 Å². The zero-order valence-electron chi connectivity index (χ0n) is 12.2. The number of nitrogens with zero attached hydrogens (tertiary/aromatic N) is 1. The lowest BCUT2D eigenvalue weighted by atomic mass is 10.1. The van der Waals surface area contributed by atoms with Gasteiger partial charge in [-0.2, -0.15) is 0 Å². The molecule has 1 aliphatic rings. The summed E-state index contributed by atoms with van der Waals surface area (Å²) in [5.41, 5.74) is 2.44. The Kier molecular flexibility index (Phi) is 3.06. The first-order chi connectivity index (χ1) is 11.0. The number of hydrogen-bond donors (Lipinski definition) is 1. The van der Waals surface area contributed by atoms with E-state index < -0.39 is 0 Å². The number of Topliss-reactive ketones (excluding diaryl/α,β-unsaturated/α-hetero) is 1. The van der Waals surface area contributed by atoms with Gasteiger partial charge in [0.25, 0.3) is 0 Å². The fourth-order valence-electron chi connectivity index (χ4n) is 2.83. The lowest BCUT2D eigenvalue weighted by Crippen LogP contribution is -1.97. The molecule has 5 heteroatoms. The number of benzene rings is 2. The van der Waals surface area contributed by atoms with Gasteiger partial charge in [-0.25, -0.2) is 0 Å². The highest BCUT2D eigenvalue weighted by molar-refractivity contribution is 9.10. The van der Waals surface area contributed by atoms with E-state index in [2.05, 4.69) is 15.9 Å². The van der Waals surface area contributed by atoms with Crippen LogP contribution in [0.2, 0.25) is 0 Å². The number of aromatic nitrogens is 1. The fraction of sp³-hybridized carbons (Fsp3) is 0.0556. The number of phenols is 1. The molecule has 23 heavy (non-hydrogen) atoms. The molecule has 0 aliphatic carbocycles. The maximum Gasteiger partial charge on any atom is 0.231 e. The molecule has 1 N–H and O–H groups in total. The van der Waals surface area contributed by atoms with E-state index in [-0.39, 0.29) is 17.3 Å². The van der Waals surface area contributed by atoms with Crippen LogP contribution in [0.1, 0.15) is 15.9 Å². The number of carbonyl (C=O) groups is 1. The van der Waals surface area contributed by atoms with Gasteiger partial charge < -0.3 is 14.4 Å². The Morgan fingerprint density at radius 2 is 2.04 bits per heavy atom. The predicted molar refractivity (Wildman–Crippen MR) is 91.7 cm³/mol. The van der Waals surface area contributed by atoms with Crippen LogP contribution < -0.4 is 4.74 Å². The van der Waals surface area contributed by atoms with Crippen molar-refractivity contribution in [2.24, 2.45) is 7.05 Å². The number of rotatable bonds is 1. The van der Waals surface area contributed by atoms with Gasteiger partial charge in [0.05, 0.1) is 5.56 Å². The summed E-state index contributed by atoms with van der Waals surface area (Å²) in [6, 6.07) is 10.5. The number of phenolic OH excluding ortho intramolecular Hbond substituents is 1. The SMILES string of the molecule is Cn1cc(/C=C2\Oc3cc(O)ccc3C2=O)c2cc(Br)ccc21. The molecular weight excluding hydrogens is 358 g/mol. The molecule has 0 bridgehead atoms. The lowest BCUT2D eigenvalue weighted by Gasteiger charge is -1.98. The highest BCUT2D eigenvalue weighted by Crippen LogP contribution is 2.35. The van der Waals surface area contributed by atoms with Gasteiger partial charge in [0.2, 0.25) is 5.78 Å². The number of aromatic hydroxyl groups is 1. The number of fused-ring (bicyclic) bond motifs is 2. The van der Waals surface area contributed by atoms with Crippen LogP contribution in [0.5, 0.6) is 11.5 Å². The summed E-state index contributed by atoms with van der Waals surface area (Å²) in [6.07, 6.45) is 3.70. The van der Waals surface area contributed by atoms with Gasteiger partial charge in [-0.1, -0.05) is 15.9 Å². The molecule has 0 amide bonds. The van der Waals surface area contributed by atoms with Crippen molar-refractivity contribution in [3.8, 4) is 11.5 Å². The van der Waals surface area contributed by atoms with Crippen molar-refractivity contribution in [1.82, 2.24) is 4.57 Å². The number of allylic oxidation sites excluding steroid dienone is 1. The summed E-state index contributed by atoms with van der Waals surface area (Å²) in [7, 11) is 1.96. The van der Waals surface area contributed by atoms with E-state index in [0.29, 0.717) is 11.3 Å². The van der Waals surface area contributed by atoms with E-state index in [1.54, 1.807) is 12.1 Å². The molecule has 0 atom stereocenters. The van der Waals surface area contributed by atoms with E-state index in [9.17, 15) is 9.90 Å². The minimum Gasteiger partial charge on any atom is -0.508 e. The second-order valence-corrected chi connectivity index (χ2v) is 6.39. The fourth-order valence-corrected chi connectivity index (χ4v) is 3.19. The summed E-state index contributed by atoms with van der Waals surface area (Å²) >= 11 is 3.48. The van der Waals surface area contributed by atoms with Crippen LogP contribution in [0, 0.1) is 0 Å². The van der Waals surface area contributed by atoms with Crippen molar-refractivity contribution in [3.63, 3.8) is 0 Å². The highest BCUT2D eigenvalue weighted by atomic mass is 79.9. The predicted octanol–water partition coefficient (Wildman–Crippen LogP) is 4.26. The molecule has 4 nitrogen and oxygen atoms in total. The van der Waals surface area contributed by atoms with Crippen molar-refractivity contribution < 1.29 is 14.6 Å². The van der Waals surface area contributed by atoms with Crippen molar-refractivity contribution in [2.45, 2.75) is 0 Å². The first-order valence-electron chi connectivity index (χ1n) is 7.05. The second-order valence-electron chi connectivity index (χ2n) is 5.48. The zero-order valence-corrected chi connectivity index (χ0v) is 13.8. The molecular formula is C18H12BrNO3. The summed E-state index contributed by atoms with van der Waals surface area (Å²) < 4.78 is 8.60. The van der Waals surface area contributed by atoms with Crippen LogP contribution in [0.3, 0.4) is 0 Å². The van der Waals surface area contributed by atoms with Crippen LogP contribution in [0.25, 0.3) is 17.0 Å². The Hall–Kier alpha value is -2.53. The van der Waals surface area contributed by atoms with Crippen LogP contribution in [0.15, 0.2) is 52.8 Å². The Morgan fingerprint density at radius 1 is 1.22 bits per heavy atom. The first kappa shape index (κ1) is 14.1. The van der Waals surface area contributed by atoms with Crippen LogP contribution >= 0.6 is 15.9 Å². The first-order valence-corrected chi connectivity index (χ1v) is 7.84. The van der Waals surface area contributed by atoms with Gasteiger partial charge in [0, 0.05) is 40.2 Å². The van der Waals surface area contributed by atoms with Crippen molar-refractivity contribution >= 4 is 38.7 Å². The van der Waals surface area contributed by atoms with Crippen LogP contribution in [-0.4, -0.2) is 15.5 Å². The highest BCUT2D eigenvalue weighted by Gasteiger charge is 2.27. The smallest absolute Gasteiger partial charge is 0.231 e. The molecule has 114 valence electrons. The minimum absolute atomic E-state index is 0.0758. The molecule has 0 fully saturated rings. The standard InChI is InChI=1S/C18H12BrNO3/c1-20-9-10(14-7-11(19)2-5-15(14)20)6-17-18(22)13-4-3-12(21)8-16(13)23-17/h2-9,21H,1H3/b17-6-. The van der Waals surface area contributed by atoms with Gasteiger partial charge in [-0.05, 0) is 36.4 Å². The van der Waals surface area contributed by atoms with E-state index in [0.717, 1.165) is 20.9 Å². The quantitative estimate of drug-likeness (QED) is 0.651. The van der Waals surface area contributed by atoms with Gasteiger partial charge in [0.1, 0.15) is 11.5 Å². The Labute approximate surface area is 140 Å². The summed E-state index contributed by atoms with van der Waals surface area (Å²) in [5, 5.41) is 10.5. The summed E-state index contributed by atoms with van der Waals surface area (Å²) in [5.74, 6) is 0.555. The van der Waals surface area contributed by atoms with Crippen molar-refractivity contribution in [3.05, 3.63) is 64.0 Å². The van der Waals surface area contributed by atoms with Gasteiger partial charge in [-0.3, -0.25) is 4.79 Å². The third-order valence-electron chi connectivity index (χ3n) is 3.92. The Bertz CT molecular complexity index is 1000. The van der Waals surface area contributed by atoms with Crippen molar-refractivity contribution in [1.29, 1.82) is 0 Å². The average molecular weight is 370 g/mol. The van der Waals surface area contributed by atoms with Crippen LogP contribution in [-0.2, 0) is 7.05 Å². The molecule has 0 radical (unpaired) electrons. The maximum atomic E-state index is 12.4. The largest absolute Gasteiger partial charge is 0.508 e. The average Bonchev–Trinajstić information content (AvgIpc) is 2.97. The van der Waals surface area contributed by atoms with Gasteiger partial charge >= 0.3 is 0 Å². The molecule has 0 saturated heterocycles. The van der Waals surface area contributed by atoms with Crippen LogP contribution in [0.4, 0.5) is 0 Å². The lowest BCUT2D eigenvalue weighted by molar-refractivity contribution is 0.101. The molecule has 1 aromatic heterocycles. The molecule has 2 heterocycles. The molecule has 0 spiro atoms. The Balaban J connectivity index is 1.83. The molecule has 0 unspecified atom stereocenters. The maximum absolute atomic E-state index is 12.4. The summed E-state index contributed by atoms with van der Waals surface area (Å²) in [6.45, 7) is 0. The number of ketones is 1. The topological polar surface area (TPSA) is 51.5 Å². The van der Waals surface area contributed by atoms with Gasteiger partial charge in [-0.15, -0.1) is 0 Å². The Morgan fingerprint density at radius 3 is 2.87 bits per heavy atom. The number of carbonyl (C=O) groups excluding carboxylic acids is 1. The molecule has 0 saturated carbocycles. The third kappa shape index (κ3) is 2.24. The van der Waals surface area contributed by atoms with E-state index in [1.165, 1.54) is 12.1 Å². The molecule has 2 aromatic carbocycles. The zero-order chi connectivity index (χ0) is 16.1. The van der Waals surface area contributed by atoms with E-state index in [1.807, 2.05) is 36.0 Å². The third-order valence-corrected chi connectivity index (χ3v) is 4.42. The number of ether oxygens (including phenoxy) is 1. The number of aryl methyl sites for hydroxylation is 1. The number of halogens is 1. The normalized spacial score (nSPS) is 15.2. The second kappa shape index (κ2) is 4.99. The summed E-state index contributed by atoms with van der Waals surface area (Å²) in [4.78, 5) is 12.4. The van der Waals surface area contributed by atoms with E-state index in [4.69, 9.17) is 4.74 Å².